The summed E-state index contributed by atoms with van der Waals surface area (Å²) in [6.07, 6.45) is 5.68. The van der Waals surface area contributed by atoms with Crippen molar-refractivity contribution in [1.82, 2.24) is 9.88 Å². The number of carbonyl (C=O) groups excluding carboxylic acids is 1. The van der Waals surface area contributed by atoms with Crippen molar-refractivity contribution in [2.24, 2.45) is 5.92 Å². The first-order valence-electron chi connectivity index (χ1n) is 10.0. The Morgan fingerprint density at radius 1 is 1.22 bits per heavy atom. The number of halogens is 3. The molecular weight excluding hydrogens is 438 g/mol. The summed E-state index contributed by atoms with van der Waals surface area (Å²) in [6, 6.07) is 8.52. The zero-order chi connectivity index (χ0) is 23.5. The second kappa shape index (κ2) is 12.7. The molecule has 32 heavy (non-hydrogen) atoms. The molecule has 2 heterocycles. The molecule has 0 spiro atoms. The van der Waals surface area contributed by atoms with Crippen molar-refractivity contribution in [3.05, 3.63) is 70.9 Å². The van der Waals surface area contributed by atoms with Crippen molar-refractivity contribution in [3.8, 4) is 5.88 Å². The van der Waals surface area contributed by atoms with Crippen LogP contribution in [-0.4, -0.2) is 47.4 Å². The van der Waals surface area contributed by atoms with Crippen molar-refractivity contribution in [2.75, 3.05) is 19.7 Å². The number of hydrogen-bond donors (Lipinski definition) is 2. The summed E-state index contributed by atoms with van der Waals surface area (Å²) in [4.78, 5) is 18.2. The van der Waals surface area contributed by atoms with Gasteiger partial charge in [-0.1, -0.05) is 23.7 Å². The maximum Gasteiger partial charge on any atom is 0.255 e. The fourth-order valence-electron chi connectivity index (χ4n) is 2.97. The number of benzene rings is 1. The third-order valence-corrected chi connectivity index (χ3v) is 4.89. The van der Waals surface area contributed by atoms with Gasteiger partial charge in [-0.15, -0.1) is 0 Å². The Balaban J connectivity index is 0.000000380. The van der Waals surface area contributed by atoms with E-state index in [4.69, 9.17) is 27.2 Å². The quantitative estimate of drug-likeness (QED) is 0.471. The van der Waals surface area contributed by atoms with Crippen LogP contribution >= 0.6 is 11.6 Å². The first kappa shape index (κ1) is 25.1. The van der Waals surface area contributed by atoms with Crippen molar-refractivity contribution in [1.29, 1.82) is 10.8 Å². The first-order chi connectivity index (χ1) is 15.3. The van der Waals surface area contributed by atoms with E-state index < -0.39 is 11.6 Å². The number of aromatic nitrogens is 1. The molecular formula is C23H25ClF2N4O2. The normalized spacial score (nSPS) is 14.2. The molecule has 1 saturated heterocycles. The van der Waals surface area contributed by atoms with E-state index in [-0.39, 0.29) is 17.2 Å². The molecule has 1 aliphatic heterocycles. The SMILES string of the molecule is CC(=N)/C=C(\C=N)C(=O)N1CCC(COc2ccc(Cl)cn2)CC1.Fc1ccccc1F. The second-order valence-electron chi connectivity index (χ2n) is 7.20. The van der Waals surface area contributed by atoms with E-state index in [1.807, 2.05) is 0 Å². The van der Waals surface area contributed by atoms with Crippen LogP contribution < -0.4 is 4.74 Å². The molecule has 1 aliphatic rings. The molecule has 170 valence electrons. The Morgan fingerprint density at radius 2 is 1.84 bits per heavy atom. The van der Waals surface area contributed by atoms with Crippen molar-refractivity contribution in [2.45, 2.75) is 19.8 Å². The first-order valence-corrected chi connectivity index (χ1v) is 10.4. The second-order valence-corrected chi connectivity index (χ2v) is 7.64. The lowest BCUT2D eigenvalue weighted by Gasteiger charge is -2.32. The van der Waals surface area contributed by atoms with Gasteiger partial charge in [-0.2, -0.15) is 0 Å². The molecule has 1 aromatic heterocycles. The molecule has 0 aliphatic carbocycles. The minimum atomic E-state index is -0.799. The Morgan fingerprint density at radius 3 is 2.31 bits per heavy atom. The van der Waals surface area contributed by atoms with E-state index in [0.717, 1.165) is 31.2 Å². The molecule has 6 nitrogen and oxygen atoms in total. The molecule has 1 aromatic carbocycles. The fourth-order valence-corrected chi connectivity index (χ4v) is 3.09. The van der Waals surface area contributed by atoms with Gasteiger partial charge in [0.1, 0.15) is 0 Å². The topological polar surface area (TPSA) is 90.1 Å². The number of likely N-dealkylation sites (tertiary alicyclic amines) is 1. The molecule has 2 N–H and O–H groups in total. The van der Waals surface area contributed by atoms with Gasteiger partial charge < -0.3 is 20.5 Å². The summed E-state index contributed by atoms with van der Waals surface area (Å²) in [7, 11) is 0. The number of hydrogen-bond acceptors (Lipinski definition) is 5. The molecule has 1 amide bonds. The average molecular weight is 463 g/mol. The molecule has 0 saturated carbocycles. The standard InChI is InChI=1S/C17H21ClN4O2.C6H4F2/c1-12(20)8-14(9-19)17(23)22-6-4-13(5-7-22)11-24-16-3-2-15(18)10-21-16;7-5-3-1-2-4-6(5)8/h2-3,8-10,13,19-20H,4-7,11H2,1H3;1-4H/b14-8+,19-9?,20-12?;. The number of nitrogens with one attached hydrogen (secondary N) is 2. The summed E-state index contributed by atoms with van der Waals surface area (Å²) in [6.45, 7) is 3.40. The molecule has 0 bridgehead atoms. The number of carbonyl (C=O) groups is 1. The number of nitrogens with zero attached hydrogens (tertiary/aromatic N) is 2. The molecule has 0 atom stereocenters. The van der Waals surface area contributed by atoms with Crippen LogP contribution in [0.3, 0.4) is 0 Å². The van der Waals surface area contributed by atoms with Gasteiger partial charge in [-0.05, 0) is 50.0 Å². The van der Waals surface area contributed by atoms with Crippen LogP contribution in [0.1, 0.15) is 19.8 Å². The molecule has 1 fully saturated rings. The number of rotatable bonds is 6. The zero-order valence-electron chi connectivity index (χ0n) is 17.7. The lowest BCUT2D eigenvalue weighted by atomic mass is 9.97. The van der Waals surface area contributed by atoms with E-state index in [2.05, 4.69) is 4.98 Å². The molecule has 0 radical (unpaired) electrons. The lowest BCUT2D eigenvalue weighted by Crippen LogP contribution is -2.40. The molecule has 3 rings (SSSR count). The zero-order valence-corrected chi connectivity index (χ0v) is 18.4. The fraction of sp³-hybridized carbons (Fsp3) is 0.304. The van der Waals surface area contributed by atoms with Crippen LogP contribution in [0.5, 0.6) is 5.88 Å². The molecule has 9 heteroatoms. The maximum atomic E-state index is 12.3. The van der Waals surface area contributed by atoms with Crippen molar-refractivity contribution < 1.29 is 18.3 Å². The van der Waals surface area contributed by atoms with Gasteiger partial charge in [-0.3, -0.25) is 4.79 Å². The van der Waals surface area contributed by atoms with E-state index in [9.17, 15) is 13.6 Å². The minimum absolute atomic E-state index is 0.185. The summed E-state index contributed by atoms with van der Waals surface area (Å²) < 4.78 is 29.6. The summed E-state index contributed by atoms with van der Waals surface area (Å²) >= 11 is 5.79. The van der Waals surface area contributed by atoms with Gasteiger partial charge >= 0.3 is 0 Å². The van der Waals surface area contributed by atoms with Crippen LogP contribution in [0, 0.1) is 28.4 Å². The highest BCUT2D eigenvalue weighted by Gasteiger charge is 2.24. The van der Waals surface area contributed by atoms with Gasteiger partial charge in [0.15, 0.2) is 11.6 Å². The van der Waals surface area contributed by atoms with Crippen molar-refractivity contribution >= 4 is 29.4 Å². The molecule has 0 unspecified atom stereocenters. The van der Waals surface area contributed by atoms with Crippen LogP contribution in [0.2, 0.25) is 5.02 Å². The van der Waals surface area contributed by atoms with Crippen LogP contribution in [0.15, 0.2) is 54.2 Å². The Hall–Kier alpha value is -3.13. The van der Waals surface area contributed by atoms with Crippen LogP contribution in [-0.2, 0) is 4.79 Å². The summed E-state index contributed by atoms with van der Waals surface area (Å²) in [5.41, 5.74) is 0.517. The Kier molecular flexibility index (Phi) is 9.94. The van der Waals surface area contributed by atoms with Gasteiger partial charge in [0.2, 0.25) is 5.88 Å². The van der Waals surface area contributed by atoms with E-state index in [1.54, 1.807) is 30.2 Å². The smallest absolute Gasteiger partial charge is 0.255 e. The Labute approximate surface area is 190 Å². The van der Waals surface area contributed by atoms with Gasteiger partial charge in [0.25, 0.3) is 5.91 Å². The minimum Gasteiger partial charge on any atom is -0.477 e. The maximum absolute atomic E-state index is 12.3. The van der Waals surface area contributed by atoms with Crippen LogP contribution in [0.25, 0.3) is 0 Å². The van der Waals surface area contributed by atoms with E-state index in [1.165, 1.54) is 18.2 Å². The lowest BCUT2D eigenvalue weighted by molar-refractivity contribution is -0.128. The Bertz CT molecular complexity index is 938. The van der Waals surface area contributed by atoms with Gasteiger partial charge in [-0.25, -0.2) is 13.8 Å². The third-order valence-electron chi connectivity index (χ3n) is 4.67. The monoisotopic (exact) mass is 462 g/mol. The van der Waals surface area contributed by atoms with Crippen LogP contribution in [0.4, 0.5) is 8.78 Å². The number of pyridine rings is 1. The third kappa shape index (κ3) is 8.19. The van der Waals surface area contributed by atoms with E-state index >= 15 is 0 Å². The highest BCUT2D eigenvalue weighted by Crippen LogP contribution is 2.20. The largest absolute Gasteiger partial charge is 0.477 e. The highest BCUT2D eigenvalue weighted by atomic mass is 35.5. The van der Waals surface area contributed by atoms with Gasteiger partial charge in [0, 0.05) is 37.3 Å². The van der Waals surface area contributed by atoms with Gasteiger partial charge in [0.05, 0.1) is 17.2 Å². The molecule has 2 aromatic rings. The number of piperidine rings is 1. The van der Waals surface area contributed by atoms with Crippen molar-refractivity contribution in [3.63, 3.8) is 0 Å². The number of amides is 1. The van der Waals surface area contributed by atoms with E-state index in [0.29, 0.717) is 36.5 Å². The number of allylic oxidation sites excluding steroid dienone is 1. The number of ether oxygens (including phenoxy) is 1. The summed E-state index contributed by atoms with van der Waals surface area (Å²) in [5, 5.41) is 15.4. The predicted molar refractivity (Wildman–Crippen MR) is 121 cm³/mol. The average Bonchev–Trinajstić information content (AvgIpc) is 2.79. The highest BCUT2D eigenvalue weighted by molar-refractivity contribution is 6.30. The summed E-state index contributed by atoms with van der Waals surface area (Å²) in [5.74, 6) is -0.868. The predicted octanol–water partition coefficient (Wildman–Crippen LogP) is 4.93.